The molecule has 2 aromatic rings. The van der Waals surface area contributed by atoms with Gasteiger partial charge in [-0.25, -0.2) is 13.1 Å². The number of hydrogen-bond donors (Lipinski definition) is 1. The molecule has 1 fully saturated rings. The number of amides is 1. The Morgan fingerprint density at radius 2 is 1.68 bits per heavy atom. The van der Waals surface area contributed by atoms with E-state index < -0.39 is 10.0 Å². The van der Waals surface area contributed by atoms with Gasteiger partial charge in [-0.15, -0.1) is 0 Å². The Morgan fingerprint density at radius 3 is 2.24 bits per heavy atom. The van der Waals surface area contributed by atoms with E-state index >= 15 is 0 Å². The van der Waals surface area contributed by atoms with Gasteiger partial charge in [0.05, 0.1) is 10.9 Å². The van der Waals surface area contributed by atoms with Gasteiger partial charge in [-0.05, 0) is 49.6 Å². The third-order valence-corrected chi connectivity index (χ3v) is 6.03. The average molecular weight is 358 g/mol. The van der Waals surface area contributed by atoms with Crippen LogP contribution >= 0.6 is 0 Å². The summed E-state index contributed by atoms with van der Waals surface area (Å²) in [6.45, 7) is 1.96. The highest BCUT2D eigenvalue weighted by atomic mass is 32.2. The monoisotopic (exact) mass is 358 g/mol. The average Bonchev–Trinajstić information content (AvgIpc) is 3.44. The van der Waals surface area contributed by atoms with Crippen LogP contribution < -0.4 is 4.72 Å². The van der Waals surface area contributed by atoms with Crippen LogP contribution in [0.25, 0.3) is 0 Å². The van der Waals surface area contributed by atoms with Crippen molar-refractivity contribution < 1.29 is 13.2 Å². The van der Waals surface area contributed by atoms with Gasteiger partial charge in [-0.3, -0.25) is 4.79 Å². The van der Waals surface area contributed by atoms with Crippen molar-refractivity contribution in [2.45, 2.75) is 36.7 Å². The van der Waals surface area contributed by atoms with Crippen molar-refractivity contribution in [3.63, 3.8) is 0 Å². The van der Waals surface area contributed by atoms with Gasteiger partial charge in [0.1, 0.15) is 0 Å². The number of hydrogen-bond acceptors (Lipinski definition) is 3. The first kappa shape index (κ1) is 17.6. The fourth-order valence-electron chi connectivity index (χ4n) is 2.60. The van der Waals surface area contributed by atoms with Crippen LogP contribution in [0.15, 0.2) is 59.5 Å². The topological polar surface area (TPSA) is 66.5 Å². The molecule has 0 aliphatic heterocycles. The largest absolute Gasteiger partial charge is 0.335 e. The summed E-state index contributed by atoms with van der Waals surface area (Å²) in [4.78, 5) is 14.5. The highest BCUT2D eigenvalue weighted by Gasteiger charge is 2.28. The second kappa shape index (κ2) is 6.98. The van der Waals surface area contributed by atoms with E-state index in [-0.39, 0.29) is 22.9 Å². The first-order valence-corrected chi connectivity index (χ1v) is 9.81. The lowest BCUT2D eigenvalue weighted by Crippen LogP contribution is -2.30. The number of nitrogens with one attached hydrogen (secondary N) is 1. The zero-order valence-corrected chi connectivity index (χ0v) is 15.2. The smallest absolute Gasteiger partial charge is 0.254 e. The minimum absolute atomic E-state index is 0.0594. The van der Waals surface area contributed by atoms with Crippen molar-refractivity contribution in [3.8, 4) is 0 Å². The lowest BCUT2D eigenvalue weighted by atomic mass is 10.1. The summed E-state index contributed by atoms with van der Waals surface area (Å²) >= 11 is 0. The van der Waals surface area contributed by atoms with Crippen molar-refractivity contribution >= 4 is 15.9 Å². The molecule has 0 aromatic heterocycles. The second-order valence-corrected chi connectivity index (χ2v) is 8.14. The third kappa shape index (κ3) is 4.08. The van der Waals surface area contributed by atoms with Crippen LogP contribution in [0.4, 0.5) is 0 Å². The second-order valence-electron chi connectivity index (χ2n) is 6.42. The number of rotatable bonds is 6. The van der Waals surface area contributed by atoms with Crippen molar-refractivity contribution in [3.05, 3.63) is 65.7 Å². The molecule has 2 aromatic carbocycles. The summed E-state index contributed by atoms with van der Waals surface area (Å²) in [6.07, 6.45) is 1.77. The first-order chi connectivity index (χ1) is 11.9. The lowest BCUT2D eigenvalue weighted by molar-refractivity contribution is 0.0742. The molecule has 1 saturated carbocycles. The van der Waals surface area contributed by atoms with Crippen molar-refractivity contribution in [1.82, 2.24) is 9.62 Å². The quantitative estimate of drug-likeness (QED) is 0.863. The molecule has 0 unspecified atom stereocenters. The number of carbonyl (C=O) groups is 1. The summed E-state index contributed by atoms with van der Waals surface area (Å²) in [7, 11) is -1.74. The lowest BCUT2D eigenvalue weighted by Gasteiger charge is -2.25. The van der Waals surface area contributed by atoms with Crippen molar-refractivity contribution in [2.75, 3.05) is 7.05 Å². The third-order valence-electron chi connectivity index (χ3n) is 4.49. The molecule has 3 rings (SSSR count). The Kier molecular flexibility index (Phi) is 4.92. The summed E-state index contributed by atoms with van der Waals surface area (Å²) in [5.74, 6) is -0.143. The standard InChI is InChI=1S/C19H22N2O3S/c1-14(15-6-4-3-5-7-15)21(2)19(22)16-8-12-18(13-9-16)25(23,24)20-17-10-11-17/h3-9,12-14,17,20H,10-11H2,1-2H3/t14-/m1/s1. The Morgan fingerprint density at radius 1 is 1.08 bits per heavy atom. The van der Waals surface area contributed by atoms with E-state index in [1.54, 1.807) is 24.1 Å². The number of carbonyl (C=O) groups excluding carboxylic acids is 1. The molecular weight excluding hydrogens is 336 g/mol. The van der Waals surface area contributed by atoms with E-state index in [1.807, 2.05) is 37.3 Å². The summed E-state index contributed by atoms with van der Waals surface area (Å²) in [6, 6.07) is 15.9. The van der Waals surface area contributed by atoms with Crippen LogP contribution in [0, 0.1) is 0 Å². The highest BCUT2D eigenvalue weighted by Crippen LogP contribution is 2.23. The fraction of sp³-hybridized carbons (Fsp3) is 0.316. The molecule has 5 nitrogen and oxygen atoms in total. The fourth-order valence-corrected chi connectivity index (χ4v) is 3.90. The van der Waals surface area contributed by atoms with Crippen LogP contribution in [0.1, 0.15) is 41.7 Å². The Hall–Kier alpha value is -2.18. The molecule has 132 valence electrons. The van der Waals surface area contributed by atoms with Gasteiger partial charge in [0.25, 0.3) is 5.91 Å². The number of benzene rings is 2. The van der Waals surface area contributed by atoms with E-state index in [1.165, 1.54) is 12.1 Å². The normalized spacial score (nSPS) is 15.6. The van der Waals surface area contributed by atoms with Gasteiger partial charge in [-0.1, -0.05) is 30.3 Å². The van der Waals surface area contributed by atoms with Gasteiger partial charge in [-0.2, -0.15) is 0 Å². The molecule has 1 aliphatic rings. The summed E-state index contributed by atoms with van der Waals surface area (Å²) in [5, 5.41) is 0. The molecule has 0 bridgehead atoms. The van der Waals surface area contributed by atoms with E-state index in [9.17, 15) is 13.2 Å². The molecule has 1 N–H and O–H groups in total. The molecule has 6 heteroatoms. The molecule has 0 spiro atoms. The number of sulfonamides is 1. The highest BCUT2D eigenvalue weighted by molar-refractivity contribution is 7.89. The minimum atomic E-state index is -3.49. The van der Waals surface area contributed by atoms with Crippen LogP contribution in [-0.4, -0.2) is 32.3 Å². The van der Waals surface area contributed by atoms with E-state index in [0.717, 1.165) is 18.4 Å². The maximum Gasteiger partial charge on any atom is 0.254 e. The predicted octanol–water partition coefficient (Wildman–Crippen LogP) is 2.96. The van der Waals surface area contributed by atoms with Gasteiger partial charge in [0.2, 0.25) is 10.0 Å². The maximum atomic E-state index is 12.7. The molecule has 1 atom stereocenters. The molecule has 0 radical (unpaired) electrons. The van der Waals surface area contributed by atoms with E-state index in [2.05, 4.69) is 4.72 Å². The maximum absolute atomic E-state index is 12.7. The van der Waals surface area contributed by atoms with Gasteiger partial charge in [0, 0.05) is 18.7 Å². The Bertz CT molecular complexity index is 844. The van der Waals surface area contributed by atoms with E-state index in [4.69, 9.17) is 0 Å². The number of nitrogens with zero attached hydrogens (tertiary/aromatic N) is 1. The first-order valence-electron chi connectivity index (χ1n) is 8.33. The van der Waals surface area contributed by atoms with Crippen LogP contribution in [0.2, 0.25) is 0 Å². The van der Waals surface area contributed by atoms with Crippen molar-refractivity contribution in [2.24, 2.45) is 0 Å². The summed E-state index contributed by atoms with van der Waals surface area (Å²) < 4.78 is 27.0. The molecule has 0 heterocycles. The SMILES string of the molecule is C[C@H](c1ccccc1)N(C)C(=O)c1ccc(S(=O)(=O)NC2CC2)cc1. The zero-order chi connectivity index (χ0) is 18.0. The Balaban J connectivity index is 1.74. The molecular formula is C19H22N2O3S. The minimum Gasteiger partial charge on any atom is -0.335 e. The summed E-state index contributed by atoms with van der Waals surface area (Å²) in [5.41, 5.74) is 1.52. The van der Waals surface area contributed by atoms with Crippen molar-refractivity contribution in [1.29, 1.82) is 0 Å². The van der Waals surface area contributed by atoms with Gasteiger partial charge < -0.3 is 4.90 Å². The van der Waals surface area contributed by atoms with Crippen LogP contribution in [0.5, 0.6) is 0 Å². The van der Waals surface area contributed by atoms with Gasteiger partial charge in [0.15, 0.2) is 0 Å². The zero-order valence-electron chi connectivity index (χ0n) is 14.3. The molecule has 25 heavy (non-hydrogen) atoms. The van der Waals surface area contributed by atoms with Crippen LogP contribution in [0.3, 0.4) is 0 Å². The van der Waals surface area contributed by atoms with Crippen LogP contribution in [-0.2, 0) is 10.0 Å². The molecule has 0 saturated heterocycles. The Labute approximate surface area is 148 Å². The van der Waals surface area contributed by atoms with E-state index in [0.29, 0.717) is 5.56 Å². The molecule has 1 aliphatic carbocycles. The molecule has 1 amide bonds. The van der Waals surface area contributed by atoms with Gasteiger partial charge >= 0.3 is 0 Å². The predicted molar refractivity (Wildman–Crippen MR) is 96.7 cm³/mol.